The Morgan fingerprint density at radius 1 is 1.15 bits per heavy atom. The third-order valence-corrected chi connectivity index (χ3v) is 9.35. The molecule has 33 heavy (non-hydrogen) atoms. The van der Waals surface area contributed by atoms with E-state index in [0.29, 0.717) is 31.3 Å². The van der Waals surface area contributed by atoms with Crippen molar-refractivity contribution in [1.29, 1.82) is 0 Å². The molecule has 3 saturated carbocycles. The lowest BCUT2D eigenvalue weighted by atomic mass is 9.44. The van der Waals surface area contributed by atoms with Gasteiger partial charge >= 0.3 is 5.97 Å². The monoisotopic (exact) mass is 462 g/mol. The second-order valence-electron chi connectivity index (χ2n) is 10.9. The first-order valence-corrected chi connectivity index (χ1v) is 12.0. The second-order valence-corrected chi connectivity index (χ2v) is 10.9. The molecule has 3 N–H and O–H groups in total. The number of carbonyl (C=O) groups is 4. The van der Waals surface area contributed by atoms with Crippen LogP contribution in [0, 0.1) is 28.6 Å². The number of carbonyl (C=O) groups excluding carboxylic acids is 4. The summed E-state index contributed by atoms with van der Waals surface area (Å²) in [5.74, 6) is -5.15. The van der Waals surface area contributed by atoms with Crippen LogP contribution < -0.4 is 0 Å². The molecule has 1 unspecified atom stereocenters. The summed E-state index contributed by atoms with van der Waals surface area (Å²) in [4.78, 5) is 51.2. The zero-order valence-electron chi connectivity index (χ0n) is 19.6. The van der Waals surface area contributed by atoms with Crippen LogP contribution in [0.4, 0.5) is 0 Å². The lowest BCUT2D eigenvalue weighted by Crippen LogP contribution is -2.66. The molecule has 0 spiro atoms. The van der Waals surface area contributed by atoms with Crippen LogP contribution in [0.25, 0.3) is 0 Å². The standard InChI is InChI=1S/C25H34O8/c1-4-5-20(30)33-25(32)11-15(27)10-14-6-7-16-17-8-9-24(31,19(29)13-26)22(17,2)12-18(28)21(16)23(14,25)3/h10,16-17,21,26,31-32H,4-9,11-13H2,1-3H3/t16-,17-,21+,22-,23-,24-,25?/m0/s1. The van der Waals surface area contributed by atoms with Crippen LogP contribution in [-0.2, 0) is 23.9 Å². The van der Waals surface area contributed by atoms with Crippen molar-refractivity contribution in [2.45, 2.75) is 83.5 Å². The normalized spacial score (nSPS) is 44.4. The Labute approximate surface area is 193 Å². The van der Waals surface area contributed by atoms with Gasteiger partial charge in [0.1, 0.15) is 18.0 Å². The average Bonchev–Trinajstić information content (AvgIpc) is 2.99. The minimum absolute atomic E-state index is 0.0864. The third kappa shape index (κ3) is 3.13. The molecule has 0 bridgehead atoms. The highest BCUT2D eigenvalue weighted by atomic mass is 16.7. The van der Waals surface area contributed by atoms with E-state index in [2.05, 4.69) is 0 Å². The molecule has 0 aromatic carbocycles. The molecule has 0 amide bonds. The molecule has 182 valence electrons. The Bertz CT molecular complexity index is 939. The minimum Gasteiger partial charge on any atom is -0.432 e. The minimum atomic E-state index is -2.14. The number of hydrogen-bond acceptors (Lipinski definition) is 8. The van der Waals surface area contributed by atoms with Crippen molar-refractivity contribution in [2.75, 3.05) is 6.61 Å². The zero-order valence-corrected chi connectivity index (χ0v) is 19.6. The number of ether oxygens (including phenoxy) is 1. The molecule has 4 rings (SSSR count). The molecule has 8 nitrogen and oxygen atoms in total. The van der Waals surface area contributed by atoms with Crippen molar-refractivity contribution < 1.29 is 39.2 Å². The van der Waals surface area contributed by atoms with Gasteiger partial charge < -0.3 is 20.1 Å². The second kappa shape index (κ2) is 7.82. The molecule has 8 heteroatoms. The smallest absolute Gasteiger partial charge is 0.308 e. The number of aliphatic hydroxyl groups excluding tert-OH is 1. The quantitative estimate of drug-likeness (QED) is 0.414. The maximum atomic E-state index is 13.8. The van der Waals surface area contributed by atoms with Crippen molar-refractivity contribution in [3.8, 4) is 0 Å². The van der Waals surface area contributed by atoms with Gasteiger partial charge in [-0.1, -0.05) is 19.4 Å². The highest BCUT2D eigenvalue weighted by molar-refractivity contribution is 5.95. The van der Waals surface area contributed by atoms with Gasteiger partial charge in [-0.25, -0.2) is 0 Å². The topological polar surface area (TPSA) is 138 Å². The van der Waals surface area contributed by atoms with Crippen LogP contribution in [0.1, 0.15) is 72.1 Å². The van der Waals surface area contributed by atoms with E-state index >= 15 is 0 Å². The largest absolute Gasteiger partial charge is 0.432 e. The first-order valence-electron chi connectivity index (χ1n) is 12.0. The SMILES string of the molecule is CCCC(=O)OC1(O)CC(=O)C=C2CC[C@@H]3[C@H](C(=O)C[C@@]4(C)[C@H]3CC[C@]4(O)C(=O)CO)[C@]21C. The predicted octanol–water partition coefficient (Wildman–Crippen LogP) is 1.63. The van der Waals surface area contributed by atoms with Crippen LogP contribution in [0.3, 0.4) is 0 Å². The van der Waals surface area contributed by atoms with Gasteiger partial charge in [-0.05, 0) is 56.9 Å². The van der Waals surface area contributed by atoms with E-state index in [9.17, 15) is 34.5 Å². The van der Waals surface area contributed by atoms with E-state index in [1.54, 1.807) is 20.8 Å². The summed E-state index contributed by atoms with van der Waals surface area (Å²) in [5, 5.41) is 32.5. The average molecular weight is 463 g/mol. The summed E-state index contributed by atoms with van der Waals surface area (Å²) in [7, 11) is 0. The maximum Gasteiger partial charge on any atom is 0.308 e. The van der Waals surface area contributed by atoms with Crippen molar-refractivity contribution in [2.24, 2.45) is 28.6 Å². The molecular formula is C25H34O8. The van der Waals surface area contributed by atoms with Gasteiger partial charge in [0.15, 0.2) is 11.6 Å². The lowest BCUT2D eigenvalue weighted by Gasteiger charge is -2.60. The lowest BCUT2D eigenvalue weighted by molar-refractivity contribution is -0.273. The van der Waals surface area contributed by atoms with Gasteiger partial charge in [-0.15, -0.1) is 0 Å². The number of esters is 1. The highest BCUT2D eigenvalue weighted by Crippen LogP contribution is 2.68. The molecule has 7 atom stereocenters. The van der Waals surface area contributed by atoms with Crippen molar-refractivity contribution >= 4 is 23.3 Å². The summed E-state index contributed by atoms with van der Waals surface area (Å²) >= 11 is 0. The van der Waals surface area contributed by atoms with Crippen molar-refractivity contribution in [1.82, 2.24) is 0 Å². The molecule has 4 aliphatic rings. The van der Waals surface area contributed by atoms with Gasteiger partial charge in [-0.3, -0.25) is 19.2 Å². The molecule has 0 aromatic rings. The molecule has 0 aromatic heterocycles. The Balaban J connectivity index is 1.78. The van der Waals surface area contributed by atoms with E-state index in [4.69, 9.17) is 4.74 Å². The number of Topliss-reactive ketones (excluding diaryl/α,β-unsaturated/α-hetero) is 2. The number of rotatable bonds is 5. The molecule has 4 aliphatic carbocycles. The van der Waals surface area contributed by atoms with Crippen LogP contribution in [0.15, 0.2) is 11.6 Å². The molecule has 0 heterocycles. The summed E-state index contributed by atoms with van der Waals surface area (Å²) in [5.41, 5.74) is -3.46. The Morgan fingerprint density at radius 2 is 1.85 bits per heavy atom. The summed E-state index contributed by atoms with van der Waals surface area (Å²) in [6, 6.07) is 0. The molecular weight excluding hydrogens is 428 g/mol. The van der Waals surface area contributed by atoms with Crippen molar-refractivity contribution in [3.05, 3.63) is 11.6 Å². The van der Waals surface area contributed by atoms with E-state index in [1.807, 2.05) is 0 Å². The van der Waals surface area contributed by atoms with Gasteiger partial charge in [0.05, 0.1) is 11.8 Å². The van der Waals surface area contributed by atoms with E-state index in [1.165, 1.54) is 6.08 Å². The van der Waals surface area contributed by atoms with Crippen molar-refractivity contribution in [3.63, 3.8) is 0 Å². The Kier molecular flexibility index (Phi) is 5.74. The molecule has 0 radical (unpaired) electrons. The van der Waals surface area contributed by atoms with Crippen LogP contribution in [-0.4, -0.2) is 56.6 Å². The number of aliphatic hydroxyl groups is 3. The molecule has 0 saturated heterocycles. The summed E-state index contributed by atoms with van der Waals surface area (Å²) in [6.45, 7) is 4.47. The number of fused-ring (bicyclic) bond motifs is 5. The fraction of sp³-hybridized carbons (Fsp3) is 0.760. The number of ketones is 3. The van der Waals surface area contributed by atoms with Gasteiger partial charge in [-0.2, -0.15) is 0 Å². The van der Waals surface area contributed by atoms with Crippen LogP contribution >= 0.6 is 0 Å². The molecule has 0 aliphatic heterocycles. The first-order chi connectivity index (χ1) is 15.4. The highest BCUT2D eigenvalue weighted by Gasteiger charge is 2.72. The van der Waals surface area contributed by atoms with Crippen LogP contribution in [0.5, 0.6) is 0 Å². The fourth-order valence-corrected chi connectivity index (χ4v) is 7.64. The maximum absolute atomic E-state index is 13.8. The Morgan fingerprint density at radius 3 is 2.48 bits per heavy atom. The predicted molar refractivity (Wildman–Crippen MR) is 115 cm³/mol. The summed E-state index contributed by atoms with van der Waals surface area (Å²) < 4.78 is 5.56. The number of hydrogen-bond donors (Lipinski definition) is 3. The van der Waals surface area contributed by atoms with E-state index in [-0.39, 0.29) is 42.7 Å². The van der Waals surface area contributed by atoms with Gasteiger partial charge in [0.2, 0.25) is 5.79 Å². The van der Waals surface area contributed by atoms with E-state index in [0.717, 1.165) is 0 Å². The fourth-order valence-electron chi connectivity index (χ4n) is 7.64. The van der Waals surface area contributed by atoms with Gasteiger partial charge in [0.25, 0.3) is 0 Å². The van der Waals surface area contributed by atoms with Crippen LogP contribution in [0.2, 0.25) is 0 Å². The Hall–Kier alpha value is -1.90. The third-order valence-electron chi connectivity index (χ3n) is 9.35. The molecule has 3 fully saturated rings. The van der Waals surface area contributed by atoms with E-state index < -0.39 is 52.9 Å². The summed E-state index contributed by atoms with van der Waals surface area (Å²) in [6.07, 6.45) is 3.28. The van der Waals surface area contributed by atoms with Gasteiger partial charge in [0, 0.05) is 24.2 Å². The first kappa shape index (κ1) is 24.2. The zero-order chi connectivity index (χ0) is 24.4.